The third-order valence-electron chi connectivity index (χ3n) is 5.70. The van der Waals surface area contributed by atoms with Gasteiger partial charge in [0.15, 0.2) is 6.61 Å². The molecule has 1 heterocycles. The third kappa shape index (κ3) is 7.31. The van der Waals surface area contributed by atoms with Crippen LogP contribution in [0.4, 0.5) is 0 Å². The van der Waals surface area contributed by atoms with Crippen molar-refractivity contribution in [3.05, 3.63) is 59.4 Å². The van der Waals surface area contributed by atoms with Crippen LogP contribution in [0.2, 0.25) is 0 Å². The SMILES string of the molecule is Cc1ccc(C)c(OCC(=O)NCc2nc3ccccc3n2CC(=O)N(CC(C)C)CC(C)C)c1. The van der Waals surface area contributed by atoms with Crippen LogP contribution in [0, 0.1) is 25.7 Å². The molecule has 0 aliphatic heterocycles. The summed E-state index contributed by atoms with van der Waals surface area (Å²) in [7, 11) is 0. The van der Waals surface area contributed by atoms with Gasteiger partial charge in [-0.05, 0) is 55.0 Å². The maximum absolute atomic E-state index is 13.3. The van der Waals surface area contributed by atoms with Crippen LogP contribution in [0.15, 0.2) is 42.5 Å². The molecule has 1 N–H and O–H groups in total. The number of carbonyl (C=O) groups excluding carboxylic acids is 2. The van der Waals surface area contributed by atoms with Crippen LogP contribution in [0.3, 0.4) is 0 Å². The van der Waals surface area contributed by atoms with Gasteiger partial charge in [0.2, 0.25) is 5.91 Å². The summed E-state index contributed by atoms with van der Waals surface area (Å²) in [6.45, 7) is 14.2. The summed E-state index contributed by atoms with van der Waals surface area (Å²) in [6.07, 6.45) is 0. The number of nitrogens with zero attached hydrogens (tertiary/aromatic N) is 3. The van der Waals surface area contributed by atoms with Crippen LogP contribution in [0.1, 0.15) is 44.6 Å². The summed E-state index contributed by atoms with van der Waals surface area (Å²) in [5.41, 5.74) is 3.74. The number of amides is 2. The number of fused-ring (bicyclic) bond motifs is 1. The van der Waals surface area contributed by atoms with E-state index in [1.165, 1.54) is 0 Å². The molecular weight excluding hydrogens is 440 g/mol. The lowest BCUT2D eigenvalue weighted by Crippen LogP contribution is -2.39. The molecule has 35 heavy (non-hydrogen) atoms. The van der Waals surface area contributed by atoms with E-state index >= 15 is 0 Å². The molecular formula is C28H38N4O3. The molecule has 0 aliphatic carbocycles. The van der Waals surface area contributed by atoms with E-state index in [1.807, 2.05) is 65.8 Å². The minimum atomic E-state index is -0.239. The first-order valence-corrected chi connectivity index (χ1v) is 12.3. The van der Waals surface area contributed by atoms with Crippen molar-refractivity contribution in [2.75, 3.05) is 19.7 Å². The van der Waals surface area contributed by atoms with Crippen LogP contribution in [-0.4, -0.2) is 46.0 Å². The zero-order valence-electron chi connectivity index (χ0n) is 21.8. The molecule has 0 saturated carbocycles. The lowest BCUT2D eigenvalue weighted by atomic mass is 10.1. The molecule has 0 bridgehead atoms. The molecule has 0 fully saturated rings. The summed E-state index contributed by atoms with van der Waals surface area (Å²) in [5.74, 6) is 1.93. The van der Waals surface area contributed by atoms with Crippen LogP contribution in [-0.2, 0) is 22.7 Å². The number of hydrogen-bond acceptors (Lipinski definition) is 4. The highest BCUT2D eigenvalue weighted by atomic mass is 16.5. The van der Waals surface area contributed by atoms with Gasteiger partial charge in [-0.25, -0.2) is 4.98 Å². The number of aromatic nitrogens is 2. The lowest BCUT2D eigenvalue weighted by Gasteiger charge is -2.27. The van der Waals surface area contributed by atoms with Crippen molar-refractivity contribution in [2.24, 2.45) is 11.8 Å². The Balaban J connectivity index is 1.72. The van der Waals surface area contributed by atoms with Crippen LogP contribution in [0.5, 0.6) is 5.75 Å². The Morgan fingerprint density at radius 3 is 2.40 bits per heavy atom. The minimum Gasteiger partial charge on any atom is -0.483 e. The summed E-state index contributed by atoms with van der Waals surface area (Å²) < 4.78 is 7.64. The lowest BCUT2D eigenvalue weighted by molar-refractivity contribution is -0.132. The average molecular weight is 479 g/mol. The Morgan fingerprint density at radius 2 is 1.71 bits per heavy atom. The largest absolute Gasteiger partial charge is 0.483 e. The molecule has 7 heteroatoms. The molecule has 1 aromatic heterocycles. The Bertz CT molecular complexity index is 1160. The maximum Gasteiger partial charge on any atom is 0.258 e. The number of carbonyl (C=O) groups is 2. The van der Waals surface area contributed by atoms with Crippen LogP contribution >= 0.6 is 0 Å². The molecule has 2 aromatic carbocycles. The molecule has 0 saturated heterocycles. The van der Waals surface area contributed by atoms with Crippen molar-refractivity contribution in [3.8, 4) is 5.75 Å². The molecule has 0 aliphatic rings. The van der Waals surface area contributed by atoms with E-state index in [1.54, 1.807) is 0 Å². The Hall–Kier alpha value is -3.35. The Kier molecular flexibility index (Phi) is 8.90. The average Bonchev–Trinajstić information content (AvgIpc) is 3.14. The number of benzene rings is 2. The molecule has 3 aromatic rings. The number of hydrogen-bond donors (Lipinski definition) is 1. The quantitative estimate of drug-likeness (QED) is 0.441. The van der Waals surface area contributed by atoms with Crippen LogP contribution < -0.4 is 10.1 Å². The number of aryl methyl sites for hydroxylation is 2. The van der Waals surface area contributed by atoms with Gasteiger partial charge in [-0.2, -0.15) is 0 Å². The predicted octanol–water partition coefficient (Wildman–Crippen LogP) is 4.49. The Labute approximate surface area is 208 Å². The Morgan fingerprint density at radius 1 is 1.03 bits per heavy atom. The highest BCUT2D eigenvalue weighted by Crippen LogP contribution is 2.19. The first-order chi connectivity index (χ1) is 16.6. The van der Waals surface area contributed by atoms with Gasteiger partial charge in [-0.1, -0.05) is 52.0 Å². The summed E-state index contributed by atoms with van der Waals surface area (Å²) in [4.78, 5) is 32.5. The normalized spacial score (nSPS) is 11.3. The van der Waals surface area contributed by atoms with E-state index < -0.39 is 0 Å². The van der Waals surface area contributed by atoms with E-state index in [-0.39, 0.29) is 31.5 Å². The van der Waals surface area contributed by atoms with Gasteiger partial charge in [-0.3, -0.25) is 9.59 Å². The smallest absolute Gasteiger partial charge is 0.258 e. The van der Waals surface area contributed by atoms with Crippen LogP contribution in [0.25, 0.3) is 11.0 Å². The van der Waals surface area contributed by atoms with Gasteiger partial charge in [0.05, 0.1) is 17.6 Å². The van der Waals surface area contributed by atoms with Crippen molar-refractivity contribution in [1.29, 1.82) is 0 Å². The molecule has 0 atom stereocenters. The van der Waals surface area contributed by atoms with Gasteiger partial charge in [0.1, 0.15) is 18.1 Å². The van der Waals surface area contributed by atoms with E-state index in [9.17, 15) is 9.59 Å². The fourth-order valence-corrected chi connectivity index (χ4v) is 4.07. The highest BCUT2D eigenvalue weighted by Gasteiger charge is 2.20. The summed E-state index contributed by atoms with van der Waals surface area (Å²) in [6, 6.07) is 13.6. The molecule has 0 radical (unpaired) electrons. The highest BCUT2D eigenvalue weighted by molar-refractivity contribution is 5.81. The zero-order chi connectivity index (χ0) is 25.5. The number of ether oxygens (including phenoxy) is 1. The van der Waals surface area contributed by atoms with Crippen molar-refractivity contribution in [3.63, 3.8) is 0 Å². The van der Waals surface area contributed by atoms with Crippen molar-refractivity contribution in [2.45, 2.75) is 54.6 Å². The second-order valence-corrected chi connectivity index (χ2v) is 10.0. The standard InChI is InChI=1S/C28H38N4O3/c1-19(2)15-31(16-20(3)4)28(34)17-32-24-10-8-7-9-23(24)30-26(32)14-29-27(33)18-35-25-13-21(5)11-12-22(25)6/h7-13,19-20H,14-18H2,1-6H3,(H,29,33). The number of para-hydroxylation sites is 2. The van der Waals surface area contributed by atoms with Gasteiger partial charge < -0.3 is 19.5 Å². The topological polar surface area (TPSA) is 76.5 Å². The second kappa shape index (κ2) is 11.9. The summed E-state index contributed by atoms with van der Waals surface area (Å²) >= 11 is 0. The fourth-order valence-electron chi connectivity index (χ4n) is 4.07. The van der Waals surface area contributed by atoms with Crippen molar-refractivity contribution in [1.82, 2.24) is 19.8 Å². The van der Waals surface area contributed by atoms with Crippen molar-refractivity contribution < 1.29 is 14.3 Å². The van der Waals surface area contributed by atoms with E-state index in [4.69, 9.17) is 9.72 Å². The van der Waals surface area contributed by atoms with Gasteiger partial charge >= 0.3 is 0 Å². The fraction of sp³-hybridized carbons (Fsp3) is 0.464. The first-order valence-electron chi connectivity index (χ1n) is 12.3. The molecule has 7 nitrogen and oxygen atoms in total. The van der Waals surface area contributed by atoms with E-state index in [0.717, 1.165) is 22.2 Å². The molecule has 0 unspecified atom stereocenters. The minimum absolute atomic E-state index is 0.0568. The maximum atomic E-state index is 13.3. The number of imidazole rings is 1. The molecule has 2 amide bonds. The van der Waals surface area contributed by atoms with E-state index in [0.29, 0.717) is 36.5 Å². The molecule has 0 spiro atoms. The predicted molar refractivity (Wildman–Crippen MR) is 139 cm³/mol. The summed E-state index contributed by atoms with van der Waals surface area (Å²) in [5, 5.41) is 2.90. The van der Waals surface area contributed by atoms with Crippen molar-refractivity contribution >= 4 is 22.8 Å². The second-order valence-electron chi connectivity index (χ2n) is 10.0. The third-order valence-corrected chi connectivity index (χ3v) is 5.70. The first kappa shape index (κ1) is 26.3. The monoisotopic (exact) mass is 478 g/mol. The number of nitrogens with one attached hydrogen (secondary N) is 1. The van der Waals surface area contributed by atoms with Gasteiger partial charge in [0.25, 0.3) is 5.91 Å². The molecule has 188 valence electrons. The van der Waals surface area contributed by atoms with Gasteiger partial charge in [-0.15, -0.1) is 0 Å². The van der Waals surface area contributed by atoms with Gasteiger partial charge in [0, 0.05) is 13.1 Å². The van der Waals surface area contributed by atoms with E-state index in [2.05, 4.69) is 33.0 Å². The number of rotatable bonds is 11. The zero-order valence-corrected chi connectivity index (χ0v) is 21.8. The molecule has 3 rings (SSSR count).